The van der Waals surface area contributed by atoms with Crippen molar-refractivity contribution in [2.45, 2.75) is 11.3 Å². The second-order valence-electron chi connectivity index (χ2n) is 6.33. The number of nitrogens with one attached hydrogen (secondary N) is 2. The van der Waals surface area contributed by atoms with Crippen LogP contribution in [-0.4, -0.2) is 24.7 Å². The number of anilines is 2. The third-order valence-electron chi connectivity index (χ3n) is 4.21. The van der Waals surface area contributed by atoms with Crippen LogP contribution in [0, 0.1) is 0 Å². The zero-order valence-corrected chi connectivity index (χ0v) is 17.9. The molecule has 7 heteroatoms. The molecule has 0 fully saturated rings. The molecule has 0 aliphatic rings. The molecule has 30 heavy (non-hydrogen) atoms. The number of ether oxygens (including phenoxy) is 1. The highest BCUT2D eigenvalue weighted by molar-refractivity contribution is 7.99. The number of methoxy groups -OCH3 is 1. The summed E-state index contributed by atoms with van der Waals surface area (Å²) in [5.74, 6) is 0.873. The molecule has 0 aliphatic heterocycles. The number of para-hydroxylation sites is 1. The van der Waals surface area contributed by atoms with E-state index in [1.54, 1.807) is 67.4 Å². The minimum atomic E-state index is -0.299. The van der Waals surface area contributed by atoms with Crippen LogP contribution in [0.3, 0.4) is 0 Å². The van der Waals surface area contributed by atoms with Gasteiger partial charge in [-0.25, -0.2) is 0 Å². The number of thioether (sulfide) groups is 1. The van der Waals surface area contributed by atoms with E-state index < -0.39 is 0 Å². The fraction of sp³-hybridized carbons (Fsp3) is 0.130. The van der Waals surface area contributed by atoms with Crippen molar-refractivity contribution in [2.24, 2.45) is 0 Å². The second kappa shape index (κ2) is 10.7. The van der Waals surface area contributed by atoms with Gasteiger partial charge in [-0.05, 0) is 60.7 Å². The lowest BCUT2D eigenvalue weighted by Gasteiger charge is -2.12. The SMILES string of the molecule is COc1ccc(NC(=O)c2ccccc2NC(=O)CCSc2ccc(Cl)cc2)cc1. The van der Waals surface area contributed by atoms with Gasteiger partial charge in [0.25, 0.3) is 5.91 Å². The first kappa shape index (κ1) is 21.7. The summed E-state index contributed by atoms with van der Waals surface area (Å²) in [6.07, 6.45) is 0.321. The van der Waals surface area contributed by atoms with Crippen LogP contribution in [0.2, 0.25) is 5.02 Å². The number of hydrogen-bond donors (Lipinski definition) is 2. The van der Waals surface area contributed by atoms with Crippen molar-refractivity contribution in [2.75, 3.05) is 23.5 Å². The fourth-order valence-electron chi connectivity index (χ4n) is 2.67. The lowest BCUT2D eigenvalue weighted by atomic mass is 10.1. The van der Waals surface area contributed by atoms with Crippen LogP contribution in [0.4, 0.5) is 11.4 Å². The Bertz CT molecular complexity index is 1010. The Morgan fingerprint density at radius 1 is 0.933 bits per heavy atom. The van der Waals surface area contributed by atoms with E-state index in [-0.39, 0.29) is 11.8 Å². The summed E-state index contributed by atoms with van der Waals surface area (Å²) in [7, 11) is 1.58. The summed E-state index contributed by atoms with van der Waals surface area (Å²) in [6.45, 7) is 0. The number of carbonyl (C=O) groups is 2. The smallest absolute Gasteiger partial charge is 0.257 e. The first-order chi connectivity index (χ1) is 14.5. The molecule has 3 aromatic carbocycles. The topological polar surface area (TPSA) is 67.4 Å². The Morgan fingerprint density at radius 3 is 2.33 bits per heavy atom. The Morgan fingerprint density at radius 2 is 1.63 bits per heavy atom. The molecule has 0 bridgehead atoms. The van der Waals surface area contributed by atoms with Gasteiger partial charge in [0, 0.05) is 27.8 Å². The lowest BCUT2D eigenvalue weighted by Crippen LogP contribution is -2.18. The summed E-state index contributed by atoms with van der Waals surface area (Å²) in [4.78, 5) is 26.1. The van der Waals surface area contributed by atoms with Crippen LogP contribution in [0.15, 0.2) is 77.7 Å². The van der Waals surface area contributed by atoms with Crippen molar-refractivity contribution in [3.05, 3.63) is 83.4 Å². The van der Waals surface area contributed by atoms with Gasteiger partial charge in [-0.3, -0.25) is 9.59 Å². The van der Waals surface area contributed by atoms with E-state index in [2.05, 4.69) is 10.6 Å². The van der Waals surface area contributed by atoms with Crippen molar-refractivity contribution < 1.29 is 14.3 Å². The Hall–Kier alpha value is -2.96. The standard InChI is InChI=1S/C23H21ClN2O3S/c1-29-18-10-8-17(9-11-18)25-23(28)20-4-2-3-5-21(20)26-22(27)14-15-30-19-12-6-16(24)7-13-19/h2-13H,14-15H2,1H3,(H,25,28)(H,26,27). The van der Waals surface area contributed by atoms with Crippen molar-refractivity contribution in [1.82, 2.24) is 0 Å². The summed E-state index contributed by atoms with van der Waals surface area (Å²) in [5, 5.41) is 6.35. The van der Waals surface area contributed by atoms with Gasteiger partial charge in [0.2, 0.25) is 5.91 Å². The average Bonchev–Trinajstić information content (AvgIpc) is 2.76. The largest absolute Gasteiger partial charge is 0.497 e. The summed E-state index contributed by atoms with van der Waals surface area (Å²) in [6, 6.07) is 21.5. The van der Waals surface area contributed by atoms with Gasteiger partial charge in [-0.15, -0.1) is 11.8 Å². The maximum atomic E-state index is 12.7. The molecule has 2 amide bonds. The van der Waals surface area contributed by atoms with Gasteiger partial charge in [0.15, 0.2) is 0 Å². The van der Waals surface area contributed by atoms with Crippen LogP contribution < -0.4 is 15.4 Å². The second-order valence-corrected chi connectivity index (χ2v) is 7.93. The van der Waals surface area contributed by atoms with Crippen molar-refractivity contribution >= 4 is 46.6 Å². The molecule has 5 nitrogen and oxygen atoms in total. The number of amides is 2. The third-order valence-corrected chi connectivity index (χ3v) is 5.47. The van der Waals surface area contributed by atoms with E-state index in [4.69, 9.17) is 16.3 Å². The van der Waals surface area contributed by atoms with Gasteiger partial charge >= 0.3 is 0 Å². The number of carbonyl (C=O) groups excluding carboxylic acids is 2. The summed E-state index contributed by atoms with van der Waals surface area (Å²) < 4.78 is 5.12. The Balaban J connectivity index is 1.57. The maximum Gasteiger partial charge on any atom is 0.257 e. The highest BCUT2D eigenvalue weighted by Crippen LogP contribution is 2.22. The zero-order valence-electron chi connectivity index (χ0n) is 16.4. The van der Waals surface area contributed by atoms with Crippen LogP contribution in [0.25, 0.3) is 0 Å². The Kier molecular flexibility index (Phi) is 7.76. The number of benzene rings is 3. The monoisotopic (exact) mass is 440 g/mol. The fourth-order valence-corrected chi connectivity index (χ4v) is 3.65. The molecule has 2 N–H and O–H groups in total. The minimum absolute atomic E-state index is 0.152. The predicted molar refractivity (Wildman–Crippen MR) is 123 cm³/mol. The van der Waals surface area contributed by atoms with Crippen LogP contribution >= 0.6 is 23.4 Å². The van der Waals surface area contributed by atoms with E-state index in [1.165, 1.54) is 0 Å². The van der Waals surface area contributed by atoms with Gasteiger partial charge < -0.3 is 15.4 Å². The summed E-state index contributed by atoms with van der Waals surface area (Å²) in [5.41, 5.74) is 1.51. The molecule has 0 heterocycles. The van der Waals surface area contributed by atoms with E-state index in [0.717, 1.165) is 4.90 Å². The van der Waals surface area contributed by atoms with Crippen LogP contribution in [0.5, 0.6) is 5.75 Å². The van der Waals surface area contributed by atoms with Crippen molar-refractivity contribution in [1.29, 1.82) is 0 Å². The summed E-state index contributed by atoms with van der Waals surface area (Å²) >= 11 is 7.45. The van der Waals surface area contributed by atoms with Gasteiger partial charge in [-0.2, -0.15) is 0 Å². The quantitative estimate of drug-likeness (QED) is 0.439. The molecule has 0 spiro atoms. The maximum absolute atomic E-state index is 12.7. The first-order valence-electron chi connectivity index (χ1n) is 9.28. The molecule has 154 valence electrons. The predicted octanol–water partition coefficient (Wildman–Crippen LogP) is 5.72. The Labute approximate surface area is 184 Å². The molecule has 3 aromatic rings. The molecule has 0 unspecified atom stereocenters. The zero-order chi connectivity index (χ0) is 21.3. The van der Waals surface area contributed by atoms with Crippen LogP contribution in [-0.2, 0) is 4.79 Å². The van der Waals surface area contributed by atoms with Crippen molar-refractivity contribution in [3.63, 3.8) is 0 Å². The minimum Gasteiger partial charge on any atom is -0.497 e. The normalized spacial score (nSPS) is 10.3. The number of halogens is 1. The third kappa shape index (κ3) is 6.27. The van der Waals surface area contributed by atoms with Crippen molar-refractivity contribution in [3.8, 4) is 5.75 Å². The first-order valence-corrected chi connectivity index (χ1v) is 10.6. The molecule has 0 atom stereocenters. The highest BCUT2D eigenvalue weighted by Gasteiger charge is 2.13. The van der Waals surface area contributed by atoms with E-state index in [9.17, 15) is 9.59 Å². The van der Waals surface area contributed by atoms with Crippen LogP contribution in [0.1, 0.15) is 16.8 Å². The number of rotatable bonds is 8. The molecular formula is C23H21ClN2O3S. The molecule has 0 aromatic heterocycles. The van der Waals surface area contributed by atoms with E-state index >= 15 is 0 Å². The average molecular weight is 441 g/mol. The highest BCUT2D eigenvalue weighted by atomic mass is 35.5. The molecule has 0 saturated heterocycles. The van der Waals surface area contributed by atoms with Gasteiger partial charge in [-0.1, -0.05) is 23.7 Å². The molecule has 0 radical (unpaired) electrons. The van der Waals surface area contributed by atoms with E-state index in [1.807, 2.05) is 24.3 Å². The van der Waals surface area contributed by atoms with E-state index in [0.29, 0.717) is 39.9 Å². The number of hydrogen-bond acceptors (Lipinski definition) is 4. The van der Waals surface area contributed by atoms with Gasteiger partial charge in [0.1, 0.15) is 5.75 Å². The lowest BCUT2D eigenvalue weighted by molar-refractivity contribution is -0.115. The molecule has 3 rings (SSSR count). The molecule has 0 saturated carbocycles. The van der Waals surface area contributed by atoms with Gasteiger partial charge in [0.05, 0.1) is 18.4 Å². The molecular weight excluding hydrogens is 420 g/mol. The molecule has 0 aliphatic carbocycles.